The van der Waals surface area contributed by atoms with Gasteiger partial charge >= 0.3 is 0 Å². The van der Waals surface area contributed by atoms with Crippen molar-refractivity contribution in [2.45, 2.75) is 38.6 Å². The number of hydrogen-bond donors (Lipinski definition) is 1. The third-order valence-corrected chi connectivity index (χ3v) is 5.99. The highest BCUT2D eigenvalue weighted by atomic mass is 16.5. The van der Waals surface area contributed by atoms with Gasteiger partial charge in [0.05, 0.1) is 24.9 Å². The lowest BCUT2D eigenvalue weighted by Gasteiger charge is -2.27. The van der Waals surface area contributed by atoms with E-state index in [-0.39, 0.29) is 11.8 Å². The summed E-state index contributed by atoms with van der Waals surface area (Å²) in [5, 5.41) is 3.17. The van der Waals surface area contributed by atoms with Crippen LogP contribution in [0, 0.1) is 5.92 Å². The Bertz CT molecular complexity index is 793. The molecule has 0 bridgehead atoms. The van der Waals surface area contributed by atoms with Crippen molar-refractivity contribution in [3.8, 4) is 17.0 Å². The van der Waals surface area contributed by atoms with Gasteiger partial charge in [-0.15, -0.1) is 0 Å². The largest absolute Gasteiger partial charge is 0.497 e. The van der Waals surface area contributed by atoms with Gasteiger partial charge in [0.25, 0.3) is 0 Å². The Kier molecular flexibility index (Phi) is 5.95. The molecule has 1 amide bonds. The minimum absolute atomic E-state index is 0.0139. The molecule has 0 spiro atoms. The fraction of sp³-hybridized carbons (Fsp3) is 0.545. The second-order valence-corrected chi connectivity index (χ2v) is 7.83. The average Bonchev–Trinajstić information content (AvgIpc) is 3.18. The first-order chi connectivity index (χ1) is 13.7. The molecule has 1 unspecified atom stereocenters. The highest BCUT2D eigenvalue weighted by Crippen LogP contribution is 2.28. The van der Waals surface area contributed by atoms with Gasteiger partial charge in [-0.2, -0.15) is 0 Å². The average molecular weight is 383 g/mol. The van der Waals surface area contributed by atoms with Gasteiger partial charge < -0.3 is 19.5 Å². The number of nitrogens with one attached hydrogen (secondary N) is 1. The number of rotatable bonds is 6. The Hall–Kier alpha value is -2.34. The summed E-state index contributed by atoms with van der Waals surface area (Å²) in [5.41, 5.74) is 2.18. The van der Waals surface area contributed by atoms with Crippen LogP contribution in [0.2, 0.25) is 0 Å². The molecule has 0 aliphatic carbocycles. The van der Waals surface area contributed by atoms with Gasteiger partial charge in [0.15, 0.2) is 0 Å². The number of aryl methyl sites for hydroxylation is 1. The van der Waals surface area contributed by atoms with E-state index in [1.54, 1.807) is 7.11 Å². The SMILES string of the molecule is COc1ccc(-c2cnc3n2CC(C(=O)NCCN2CCCCC2)CC3)cc1. The number of nitrogens with zero attached hydrogens (tertiary/aromatic N) is 3. The molecule has 1 fully saturated rings. The fourth-order valence-corrected chi connectivity index (χ4v) is 4.30. The quantitative estimate of drug-likeness (QED) is 0.835. The second-order valence-electron chi connectivity index (χ2n) is 7.83. The molecule has 1 N–H and O–H groups in total. The van der Waals surface area contributed by atoms with Gasteiger partial charge in [0.2, 0.25) is 5.91 Å². The van der Waals surface area contributed by atoms with Crippen LogP contribution in [0.4, 0.5) is 0 Å². The minimum atomic E-state index is 0.0139. The molecule has 1 atom stereocenters. The lowest BCUT2D eigenvalue weighted by Crippen LogP contribution is -2.41. The third kappa shape index (κ3) is 4.22. The standard InChI is InChI=1S/C22H30N4O2/c1-28-19-8-5-17(6-9-19)20-15-24-21-10-7-18(16-26(20)21)22(27)23-11-14-25-12-3-2-4-13-25/h5-6,8-9,15,18H,2-4,7,10-14,16H2,1H3,(H,23,27). The first-order valence-corrected chi connectivity index (χ1v) is 10.4. The topological polar surface area (TPSA) is 59.4 Å². The number of ether oxygens (including phenoxy) is 1. The lowest BCUT2D eigenvalue weighted by atomic mass is 9.98. The molecule has 1 aromatic heterocycles. The van der Waals surface area contributed by atoms with Crippen LogP contribution in [0.25, 0.3) is 11.3 Å². The Morgan fingerprint density at radius 1 is 1.21 bits per heavy atom. The number of aromatic nitrogens is 2. The van der Waals surface area contributed by atoms with Gasteiger partial charge in [-0.1, -0.05) is 6.42 Å². The Balaban J connectivity index is 1.36. The van der Waals surface area contributed by atoms with E-state index in [2.05, 4.69) is 19.8 Å². The number of likely N-dealkylation sites (tertiary alicyclic amines) is 1. The zero-order valence-corrected chi connectivity index (χ0v) is 16.7. The summed E-state index contributed by atoms with van der Waals surface area (Å²) in [6.45, 7) is 4.75. The molecule has 0 saturated carbocycles. The van der Waals surface area contributed by atoms with Crippen LogP contribution in [0.15, 0.2) is 30.5 Å². The molecule has 2 aliphatic heterocycles. The van der Waals surface area contributed by atoms with Gasteiger partial charge in [0.1, 0.15) is 11.6 Å². The maximum absolute atomic E-state index is 12.7. The Morgan fingerprint density at radius 3 is 2.75 bits per heavy atom. The van der Waals surface area contributed by atoms with Crippen molar-refractivity contribution in [3.63, 3.8) is 0 Å². The second kappa shape index (κ2) is 8.78. The van der Waals surface area contributed by atoms with Crippen LogP contribution >= 0.6 is 0 Å². The predicted octanol–water partition coefficient (Wildman–Crippen LogP) is 2.72. The van der Waals surface area contributed by atoms with Crippen molar-refractivity contribution in [2.24, 2.45) is 5.92 Å². The molecule has 2 aliphatic rings. The van der Waals surface area contributed by atoms with Crippen LogP contribution in [-0.2, 0) is 17.8 Å². The van der Waals surface area contributed by atoms with Crippen molar-refractivity contribution in [2.75, 3.05) is 33.3 Å². The van der Waals surface area contributed by atoms with Crippen molar-refractivity contribution in [1.29, 1.82) is 0 Å². The van der Waals surface area contributed by atoms with Crippen molar-refractivity contribution in [3.05, 3.63) is 36.3 Å². The van der Waals surface area contributed by atoms with Crippen LogP contribution in [0.3, 0.4) is 0 Å². The number of piperidine rings is 1. The van der Waals surface area contributed by atoms with Gasteiger partial charge in [-0.25, -0.2) is 4.98 Å². The number of benzene rings is 1. The summed E-state index contributed by atoms with van der Waals surface area (Å²) in [5.74, 6) is 2.10. The maximum atomic E-state index is 12.7. The third-order valence-electron chi connectivity index (χ3n) is 5.99. The van der Waals surface area contributed by atoms with Crippen molar-refractivity contribution in [1.82, 2.24) is 19.8 Å². The first kappa shape index (κ1) is 19.0. The lowest BCUT2D eigenvalue weighted by molar-refractivity contribution is -0.126. The van der Waals surface area contributed by atoms with Crippen molar-refractivity contribution >= 4 is 5.91 Å². The molecular weight excluding hydrogens is 352 g/mol. The number of methoxy groups -OCH3 is 1. The number of fused-ring (bicyclic) bond motifs is 1. The van der Waals surface area contributed by atoms with E-state index in [4.69, 9.17) is 4.74 Å². The summed E-state index contributed by atoms with van der Waals surface area (Å²) in [4.78, 5) is 19.8. The summed E-state index contributed by atoms with van der Waals surface area (Å²) in [7, 11) is 1.67. The van der Waals surface area contributed by atoms with Gasteiger partial charge in [0, 0.05) is 31.6 Å². The van der Waals surface area contributed by atoms with Crippen molar-refractivity contribution < 1.29 is 9.53 Å². The predicted molar refractivity (Wildman–Crippen MR) is 109 cm³/mol. The molecule has 150 valence electrons. The molecule has 1 saturated heterocycles. The zero-order valence-electron chi connectivity index (χ0n) is 16.7. The van der Waals surface area contributed by atoms with E-state index in [1.165, 1.54) is 32.4 Å². The molecular formula is C22H30N4O2. The summed E-state index contributed by atoms with van der Waals surface area (Å²) >= 11 is 0. The van der Waals surface area contributed by atoms with Crippen LogP contribution in [0.5, 0.6) is 5.75 Å². The zero-order chi connectivity index (χ0) is 19.3. The molecule has 1 aromatic carbocycles. The fourth-order valence-electron chi connectivity index (χ4n) is 4.30. The van der Waals surface area contributed by atoms with Crippen LogP contribution < -0.4 is 10.1 Å². The summed E-state index contributed by atoms with van der Waals surface area (Å²) < 4.78 is 7.46. The summed E-state index contributed by atoms with van der Waals surface area (Å²) in [6, 6.07) is 8.02. The molecule has 6 nitrogen and oxygen atoms in total. The molecule has 2 aromatic rings. The molecule has 28 heavy (non-hydrogen) atoms. The smallest absolute Gasteiger partial charge is 0.224 e. The number of hydrogen-bond acceptors (Lipinski definition) is 4. The highest BCUT2D eigenvalue weighted by Gasteiger charge is 2.27. The molecule has 4 rings (SSSR count). The van der Waals surface area contributed by atoms with Crippen LogP contribution in [0.1, 0.15) is 31.5 Å². The summed E-state index contributed by atoms with van der Waals surface area (Å²) in [6.07, 6.45) is 7.56. The number of amides is 1. The Morgan fingerprint density at radius 2 is 2.00 bits per heavy atom. The molecule has 0 radical (unpaired) electrons. The van der Waals surface area contributed by atoms with E-state index in [0.717, 1.165) is 48.8 Å². The Labute approximate surface area is 166 Å². The van der Waals surface area contributed by atoms with Gasteiger partial charge in [-0.3, -0.25) is 4.79 Å². The molecule has 6 heteroatoms. The van der Waals surface area contributed by atoms with E-state index in [1.807, 2.05) is 30.5 Å². The highest BCUT2D eigenvalue weighted by molar-refractivity contribution is 5.79. The van der Waals surface area contributed by atoms with E-state index >= 15 is 0 Å². The molecule has 3 heterocycles. The van der Waals surface area contributed by atoms with E-state index in [9.17, 15) is 4.79 Å². The normalized spacial score (nSPS) is 19.8. The van der Waals surface area contributed by atoms with E-state index < -0.39 is 0 Å². The van der Waals surface area contributed by atoms with Crippen LogP contribution in [-0.4, -0.2) is 53.6 Å². The number of carbonyl (C=O) groups excluding carboxylic acids is 1. The monoisotopic (exact) mass is 382 g/mol. The number of imidazole rings is 1. The minimum Gasteiger partial charge on any atom is -0.497 e. The van der Waals surface area contributed by atoms with E-state index in [0.29, 0.717) is 6.54 Å². The maximum Gasteiger partial charge on any atom is 0.224 e. The number of carbonyl (C=O) groups is 1. The first-order valence-electron chi connectivity index (χ1n) is 10.4. The van der Waals surface area contributed by atoms with Gasteiger partial charge in [-0.05, 0) is 56.6 Å².